The van der Waals surface area contributed by atoms with Crippen molar-refractivity contribution in [3.8, 4) is 11.5 Å². The van der Waals surface area contributed by atoms with E-state index in [1.807, 2.05) is 18.2 Å². The summed E-state index contributed by atoms with van der Waals surface area (Å²) in [5, 5.41) is 2.66. The molecule has 8 nitrogen and oxygen atoms in total. The van der Waals surface area contributed by atoms with E-state index in [2.05, 4.69) is 10.2 Å². The maximum Gasteiger partial charge on any atom is 0.328 e. The van der Waals surface area contributed by atoms with E-state index in [9.17, 15) is 9.59 Å². The second kappa shape index (κ2) is 6.20. The lowest BCUT2D eigenvalue weighted by atomic mass is 10.1. The first kappa shape index (κ1) is 15.1. The van der Waals surface area contributed by atoms with Crippen LogP contribution in [0.4, 0.5) is 9.59 Å². The van der Waals surface area contributed by atoms with Gasteiger partial charge in [0.15, 0.2) is 11.5 Å². The van der Waals surface area contributed by atoms with E-state index in [0.29, 0.717) is 26.2 Å². The Labute approximate surface area is 139 Å². The number of fused-ring (bicyclic) bond motifs is 1. The van der Waals surface area contributed by atoms with Gasteiger partial charge in [0, 0.05) is 45.8 Å². The van der Waals surface area contributed by atoms with Crippen molar-refractivity contribution in [2.75, 3.05) is 46.1 Å². The number of urea groups is 2. The molecule has 8 heteroatoms. The first-order valence-electron chi connectivity index (χ1n) is 8.16. The second-order valence-electron chi connectivity index (χ2n) is 6.12. The number of amides is 4. The van der Waals surface area contributed by atoms with E-state index in [0.717, 1.165) is 36.7 Å². The quantitative estimate of drug-likeness (QED) is 0.862. The zero-order valence-electron chi connectivity index (χ0n) is 13.4. The predicted octanol–water partition coefficient (Wildman–Crippen LogP) is 0.678. The van der Waals surface area contributed by atoms with Crippen LogP contribution in [0.5, 0.6) is 11.5 Å². The molecule has 1 aromatic rings. The number of carbonyl (C=O) groups excluding carboxylic acids is 2. The average Bonchev–Trinajstić information content (AvgIpc) is 3.23. The molecule has 0 bridgehead atoms. The van der Waals surface area contributed by atoms with Crippen molar-refractivity contribution >= 4 is 12.1 Å². The van der Waals surface area contributed by atoms with E-state index < -0.39 is 0 Å². The molecule has 4 amide bonds. The van der Waals surface area contributed by atoms with Gasteiger partial charge in [0.25, 0.3) is 0 Å². The monoisotopic (exact) mass is 332 g/mol. The molecule has 4 rings (SSSR count). The zero-order valence-corrected chi connectivity index (χ0v) is 13.4. The lowest BCUT2D eigenvalue weighted by Crippen LogP contribution is -2.53. The number of carbonyl (C=O) groups is 2. The van der Waals surface area contributed by atoms with Crippen LogP contribution in [0, 0.1) is 0 Å². The van der Waals surface area contributed by atoms with Crippen LogP contribution in [0.25, 0.3) is 0 Å². The minimum Gasteiger partial charge on any atom is -0.454 e. The first-order valence-corrected chi connectivity index (χ1v) is 8.16. The highest BCUT2D eigenvalue weighted by molar-refractivity contribution is 5.95. The molecule has 1 N–H and O–H groups in total. The zero-order chi connectivity index (χ0) is 16.5. The fourth-order valence-corrected chi connectivity index (χ4v) is 3.22. The molecule has 2 fully saturated rings. The Morgan fingerprint density at radius 2 is 1.88 bits per heavy atom. The van der Waals surface area contributed by atoms with Crippen LogP contribution in [0.3, 0.4) is 0 Å². The van der Waals surface area contributed by atoms with Gasteiger partial charge in [0.05, 0.1) is 0 Å². The fourth-order valence-electron chi connectivity index (χ4n) is 3.22. The average molecular weight is 332 g/mol. The number of nitrogens with one attached hydrogen (secondary N) is 1. The minimum atomic E-state index is -0.289. The molecule has 0 saturated carbocycles. The molecule has 3 aliphatic rings. The van der Waals surface area contributed by atoms with Crippen molar-refractivity contribution in [3.63, 3.8) is 0 Å². The topological polar surface area (TPSA) is 74.4 Å². The molecule has 0 aliphatic carbocycles. The summed E-state index contributed by atoms with van der Waals surface area (Å²) < 4.78 is 10.7. The van der Waals surface area contributed by atoms with Crippen LogP contribution in [0.2, 0.25) is 0 Å². The van der Waals surface area contributed by atoms with Crippen molar-refractivity contribution < 1.29 is 19.1 Å². The van der Waals surface area contributed by atoms with Gasteiger partial charge < -0.3 is 19.7 Å². The number of hydrogen-bond donors (Lipinski definition) is 1. The number of ether oxygens (including phenoxy) is 2. The van der Waals surface area contributed by atoms with E-state index in [1.54, 1.807) is 4.90 Å². The predicted molar refractivity (Wildman–Crippen MR) is 84.9 cm³/mol. The van der Waals surface area contributed by atoms with Gasteiger partial charge >= 0.3 is 12.1 Å². The van der Waals surface area contributed by atoms with Crippen molar-refractivity contribution in [2.45, 2.75) is 6.54 Å². The molecule has 0 spiro atoms. The van der Waals surface area contributed by atoms with Gasteiger partial charge in [-0.1, -0.05) is 6.07 Å². The highest BCUT2D eigenvalue weighted by Gasteiger charge is 2.31. The van der Waals surface area contributed by atoms with Crippen molar-refractivity contribution in [1.29, 1.82) is 0 Å². The van der Waals surface area contributed by atoms with Crippen molar-refractivity contribution in [3.05, 3.63) is 23.8 Å². The van der Waals surface area contributed by atoms with E-state index in [4.69, 9.17) is 9.47 Å². The minimum absolute atomic E-state index is 0.187. The molecule has 0 radical (unpaired) electrons. The molecule has 24 heavy (non-hydrogen) atoms. The van der Waals surface area contributed by atoms with Crippen LogP contribution in [0.15, 0.2) is 18.2 Å². The van der Waals surface area contributed by atoms with Gasteiger partial charge in [-0.2, -0.15) is 0 Å². The van der Waals surface area contributed by atoms with Gasteiger partial charge in [0.2, 0.25) is 6.79 Å². The number of piperazine rings is 1. The summed E-state index contributed by atoms with van der Waals surface area (Å²) in [6, 6.07) is 5.51. The number of benzene rings is 1. The third-order valence-electron chi connectivity index (χ3n) is 4.57. The highest BCUT2D eigenvalue weighted by Crippen LogP contribution is 2.32. The van der Waals surface area contributed by atoms with Crippen LogP contribution >= 0.6 is 0 Å². The van der Waals surface area contributed by atoms with Gasteiger partial charge in [-0.25, -0.2) is 14.5 Å². The summed E-state index contributed by atoms with van der Waals surface area (Å²) in [5.41, 5.74) is 1.16. The number of rotatable bonds is 2. The highest BCUT2D eigenvalue weighted by atomic mass is 16.7. The fraction of sp³-hybridized carbons (Fsp3) is 0.500. The van der Waals surface area contributed by atoms with Gasteiger partial charge in [-0.05, 0) is 17.7 Å². The summed E-state index contributed by atoms with van der Waals surface area (Å²) in [5.74, 6) is 1.58. The SMILES string of the molecule is O=C1NCCN1C(=O)N1CCN(Cc2ccc3c(c2)OCO3)CC1. The summed E-state index contributed by atoms with van der Waals surface area (Å²) >= 11 is 0. The maximum absolute atomic E-state index is 12.3. The Bertz CT molecular complexity index is 657. The second-order valence-corrected chi connectivity index (χ2v) is 6.12. The number of imide groups is 1. The van der Waals surface area contributed by atoms with E-state index in [-0.39, 0.29) is 18.9 Å². The molecule has 128 valence electrons. The largest absolute Gasteiger partial charge is 0.454 e. The Morgan fingerprint density at radius 3 is 2.62 bits per heavy atom. The van der Waals surface area contributed by atoms with E-state index in [1.165, 1.54) is 4.90 Å². The summed E-state index contributed by atoms with van der Waals surface area (Å²) in [6.45, 7) is 4.92. The van der Waals surface area contributed by atoms with Crippen molar-refractivity contribution in [1.82, 2.24) is 20.0 Å². The molecule has 2 saturated heterocycles. The van der Waals surface area contributed by atoms with Crippen molar-refractivity contribution in [2.24, 2.45) is 0 Å². The summed E-state index contributed by atoms with van der Waals surface area (Å²) in [6.07, 6.45) is 0. The van der Waals surface area contributed by atoms with Crippen LogP contribution < -0.4 is 14.8 Å². The van der Waals surface area contributed by atoms with Crippen LogP contribution in [-0.2, 0) is 6.54 Å². The summed E-state index contributed by atoms with van der Waals surface area (Å²) in [7, 11) is 0. The molecule has 0 unspecified atom stereocenters. The lowest BCUT2D eigenvalue weighted by Gasteiger charge is -2.36. The van der Waals surface area contributed by atoms with Gasteiger partial charge in [-0.15, -0.1) is 0 Å². The third-order valence-corrected chi connectivity index (χ3v) is 4.57. The molecule has 0 aromatic heterocycles. The Morgan fingerprint density at radius 1 is 1.08 bits per heavy atom. The molecule has 3 aliphatic heterocycles. The molecule has 0 atom stereocenters. The Balaban J connectivity index is 1.31. The maximum atomic E-state index is 12.3. The summed E-state index contributed by atoms with van der Waals surface area (Å²) in [4.78, 5) is 29.3. The normalized spacial score (nSPS) is 20.4. The molecule has 1 aromatic carbocycles. The smallest absolute Gasteiger partial charge is 0.328 e. The van der Waals surface area contributed by atoms with E-state index >= 15 is 0 Å². The Hall–Kier alpha value is -2.48. The number of hydrogen-bond acceptors (Lipinski definition) is 5. The molecular formula is C16H20N4O4. The Kier molecular flexibility index (Phi) is 3.89. The van der Waals surface area contributed by atoms with Gasteiger partial charge in [0.1, 0.15) is 0 Å². The number of nitrogens with zero attached hydrogens (tertiary/aromatic N) is 3. The standard InChI is InChI=1S/C16H20N4O4/c21-15-17-3-4-20(15)16(22)19-7-5-18(6-8-19)10-12-1-2-13-14(9-12)24-11-23-13/h1-2,9H,3-8,10-11H2,(H,17,21). The lowest BCUT2D eigenvalue weighted by molar-refractivity contribution is 0.118. The molecule has 3 heterocycles. The third kappa shape index (κ3) is 2.84. The first-order chi connectivity index (χ1) is 11.7. The molecular weight excluding hydrogens is 312 g/mol. The van der Waals surface area contributed by atoms with Crippen LogP contribution in [0.1, 0.15) is 5.56 Å². The van der Waals surface area contributed by atoms with Crippen LogP contribution in [-0.4, -0.2) is 72.8 Å². The van der Waals surface area contributed by atoms with Gasteiger partial charge in [-0.3, -0.25) is 4.90 Å².